The molecule has 1 aliphatic heterocycles. The molecule has 2 aromatic rings. The first-order valence-corrected chi connectivity index (χ1v) is 6.85. The highest BCUT2D eigenvalue weighted by Crippen LogP contribution is 2.26. The lowest BCUT2D eigenvalue weighted by atomic mass is 9.95. The van der Waals surface area contributed by atoms with Crippen LogP contribution in [0.1, 0.15) is 34.7 Å². The highest BCUT2D eigenvalue weighted by atomic mass is 14.8. The van der Waals surface area contributed by atoms with Crippen molar-refractivity contribution in [3.63, 3.8) is 0 Å². The third kappa shape index (κ3) is 2.33. The smallest absolute Gasteiger partial charge is 0.0793 e. The zero-order valence-electron chi connectivity index (χ0n) is 11.8. The van der Waals surface area contributed by atoms with Gasteiger partial charge < -0.3 is 0 Å². The van der Waals surface area contributed by atoms with Gasteiger partial charge in [-0.05, 0) is 55.2 Å². The Balaban J connectivity index is 2.09. The van der Waals surface area contributed by atoms with Crippen LogP contribution in [0.2, 0.25) is 0 Å². The number of hydrogen-bond donors (Lipinski definition) is 0. The van der Waals surface area contributed by atoms with Gasteiger partial charge in [-0.15, -0.1) is 0 Å². The van der Waals surface area contributed by atoms with Crippen molar-refractivity contribution in [1.29, 1.82) is 0 Å². The molecule has 1 unspecified atom stereocenters. The van der Waals surface area contributed by atoms with Gasteiger partial charge >= 0.3 is 0 Å². The zero-order valence-corrected chi connectivity index (χ0v) is 11.8. The standard InChI is InChI=1S/C18H19N/c1-12-5-8-16(14(3)10-12)17-9-7-15-6-4-13(2)11-18(15)19-17/h4-8,10-11,17H,9H2,1-3H3. The van der Waals surface area contributed by atoms with Crippen LogP contribution < -0.4 is 10.6 Å². The number of rotatable bonds is 1. The number of fused-ring (bicyclic) bond motifs is 1. The summed E-state index contributed by atoms with van der Waals surface area (Å²) in [6.07, 6.45) is 3.31. The summed E-state index contributed by atoms with van der Waals surface area (Å²) in [5.74, 6) is 0. The molecular formula is C18H19N. The van der Waals surface area contributed by atoms with Crippen molar-refractivity contribution in [1.82, 2.24) is 0 Å². The van der Waals surface area contributed by atoms with Crippen LogP contribution in [-0.2, 0) is 0 Å². The van der Waals surface area contributed by atoms with Crippen LogP contribution in [0.5, 0.6) is 0 Å². The zero-order chi connectivity index (χ0) is 13.4. The molecule has 1 heterocycles. The van der Waals surface area contributed by atoms with Crippen molar-refractivity contribution in [2.24, 2.45) is 4.99 Å². The first kappa shape index (κ1) is 12.2. The van der Waals surface area contributed by atoms with Gasteiger partial charge in [0, 0.05) is 0 Å². The molecule has 0 aromatic heterocycles. The van der Waals surface area contributed by atoms with E-state index < -0.39 is 0 Å². The van der Waals surface area contributed by atoms with Crippen molar-refractivity contribution >= 4 is 6.08 Å². The molecule has 0 fully saturated rings. The normalized spacial score (nSPS) is 17.3. The van der Waals surface area contributed by atoms with E-state index in [0.29, 0.717) is 0 Å². The summed E-state index contributed by atoms with van der Waals surface area (Å²) in [6, 6.07) is 13.4. The van der Waals surface area contributed by atoms with Gasteiger partial charge in [0.25, 0.3) is 0 Å². The van der Waals surface area contributed by atoms with Crippen molar-refractivity contribution in [2.45, 2.75) is 33.2 Å². The Morgan fingerprint density at radius 3 is 2.47 bits per heavy atom. The van der Waals surface area contributed by atoms with Crippen LogP contribution >= 0.6 is 0 Å². The largest absolute Gasteiger partial charge is 0.276 e. The van der Waals surface area contributed by atoms with E-state index in [4.69, 9.17) is 4.99 Å². The monoisotopic (exact) mass is 249 g/mol. The van der Waals surface area contributed by atoms with Gasteiger partial charge in [-0.3, -0.25) is 4.99 Å². The molecule has 1 aliphatic rings. The minimum atomic E-state index is 0.273. The minimum Gasteiger partial charge on any atom is -0.276 e. The minimum absolute atomic E-state index is 0.273. The van der Waals surface area contributed by atoms with E-state index in [2.05, 4.69) is 63.2 Å². The van der Waals surface area contributed by atoms with Crippen molar-refractivity contribution in [3.8, 4) is 0 Å². The highest BCUT2D eigenvalue weighted by Gasteiger charge is 2.13. The Labute approximate surface area is 114 Å². The van der Waals surface area contributed by atoms with Crippen LogP contribution in [0, 0.1) is 20.8 Å². The highest BCUT2D eigenvalue weighted by molar-refractivity contribution is 5.38. The molecule has 3 rings (SSSR count). The Kier molecular flexibility index (Phi) is 2.98. The maximum atomic E-state index is 4.94. The molecule has 2 aromatic carbocycles. The summed E-state index contributed by atoms with van der Waals surface area (Å²) in [4.78, 5) is 4.94. The van der Waals surface area contributed by atoms with Gasteiger partial charge in [0.05, 0.1) is 11.4 Å². The molecule has 0 N–H and O–H groups in total. The SMILES string of the molecule is Cc1ccc(C2CC=c3ccc(C)cc3=N2)c(C)c1. The van der Waals surface area contributed by atoms with Crippen LogP contribution in [0.4, 0.5) is 0 Å². The number of nitrogens with zero attached hydrogens (tertiary/aromatic N) is 1. The van der Waals surface area contributed by atoms with E-state index in [9.17, 15) is 0 Å². The summed E-state index contributed by atoms with van der Waals surface area (Å²) in [7, 11) is 0. The molecule has 0 amide bonds. The van der Waals surface area contributed by atoms with Gasteiger partial charge in [-0.2, -0.15) is 0 Å². The molecule has 0 radical (unpaired) electrons. The van der Waals surface area contributed by atoms with Gasteiger partial charge in [-0.1, -0.05) is 42.0 Å². The summed E-state index contributed by atoms with van der Waals surface area (Å²) >= 11 is 0. The average molecular weight is 249 g/mol. The second kappa shape index (κ2) is 4.65. The van der Waals surface area contributed by atoms with Gasteiger partial charge in [0.1, 0.15) is 0 Å². The fraction of sp³-hybridized carbons (Fsp3) is 0.278. The number of benzene rings is 2. The van der Waals surface area contributed by atoms with E-state index in [1.807, 2.05) is 0 Å². The Bertz CT molecular complexity index is 741. The number of aryl methyl sites for hydroxylation is 3. The average Bonchev–Trinajstić information content (AvgIpc) is 2.38. The fourth-order valence-corrected chi connectivity index (χ4v) is 2.79. The van der Waals surface area contributed by atoms with E-state index in [1.54, 1.807) is 0 Å². The lowest BCUT2D eigenvalue weighted by Gasteiger charge is -2.17. The second-order valence-corrected chi connectivity index (χ2v) is 5.51. The van der Waals surface area contributed by atoms with Gasteiger partial charge in [0.2, 0.25) is 0 Å². The molecule has 0 spiro atoms. The topological polar surface area (TPSA) is 12.4 Å². The Morgan fingerprint density at radius 1 is 0.947 bits per heavy atom. The Hall–Kier alpha value is -1.89. The van der Waals surface area contributed by atoms with Crippen molar-refractivity contribution in [3.05, 3.63) is 69.2 Å². The summed E-state index contributed by atoms with van der Waals surface area (Å²) < 4.78 is 0. The van der Waals surface area contributed by atoms with E-state index in [1.165, 1.54) is 27.5 Å². The molecule has 0 aliphatic carbocycles. The lowest BCUT2D eigenvalue weighted by molar-refractivity contribution is 0.716. The molecule has 0 saturated heterocycles. The summed E-state index contributed by atoms with van der Waals surface area (Å²) in [5, 5.41) is 2.41. The molecule has 0 bridgehead atoms. The predicted molar refractivity (Wildman–Crippen MR) is 79.7 cm³/mol. The van der Waals surface area contributed by atoms with E-state index >= 15 is 0 Å². The third-order valence-corrected chi connectivity index (χ3v) is 3.83. The fourth-order valence-electron chi connectivity index (χ4n) is 2.79. The van der Waals surface area contributed by atoms with Crippen molar-refractivity contribution in [2.75, 3.05) is 0 Å². The van der Waals surface area contributed by atoms with Crippen molar-refractivity contribution < 1.29 is 0 Å². The quantitative estimate of drug-likeness (QED) is 0.736. The summed E-state index contributed by atoms with van der Waals surface area (Å²) in [5.41, 5.74) is 5.29. The first-order valence-electron chi connectivity index (χ1n) is 6.85. The second-order valence-electron chi connectivity index (χ2n) is 5.51. The molecule has 19 heavy (non-hydrogen) atoms. The Morgan fingerprint density at radius 2 is 1.68 bits per heavy atom. The molecule has 1 heteroatoms. The maximum Gasteiger partial charge on any atom is 0.0793 e. The lowest BCUT2D eigenvalue weighted by Crippen LogP contribution is -2.29. The summed E-state index contributed by atoms with van der Waals surface area (Å²) in [6.45, 7) is 6.44. The third-order valence-electron chi connectivity index (χ3n) is 3.83. The van der Waals surface area contributed by atoms with Crippen LogP contribution in [0.25, 0.3) is 6.08 Å². The molecule has 1 atom stereocenters. The molecule has 0 saturated carbocycles. The molecule has 1 nitrogen and oxygen atoms in total. The van der Waals surface area contributed by atoms with Crippen LogP contribution in [-0.4, -0.2) is 0 Å². The van der Waals surface area contributed by atoms with E-state index in [-0.39, 0.29) is 6.04 Å². The van der Waals surface area contributed by atoms with Gasteiger partial charge in [-0.25, -0.2) is 0 Å². The first-order chi connectivity index (χ1) is 9.13. The molecular weight excluding hydrogens is 230 g/mol. The van der Waals surface area contributed by atoms with Crippen LogP contribution in [0.3, 0.4) is 0 Å². The number of hydrogen-bond acceptors (Lipinski definition) is 1. The van der Waals surface area contributed by atoms with E-state index in [0.717, 1.165) is 11.8 Å². The van der Waals surface area contributed by atoms with Gasteiger partial charge in [0.15, 0.2) is 0 Å². The predicted octanol–water partition coefficient (Wildman–Crippen LogP) is 3.16. The molecule has 96 valence electrons. The van der Waals surface area contributed by atoms with Crippen LogP contribution in [0.15, 0.2) is 41.4 Å². The maximum absolute atomic E-state index is 4.94.